The summed E-state index contributed by atoms with van der Waals surface area (Å²) >= 11 is 0. The SMILES string of the molecule is CN1CCC(c2ccnc(C#N)n2)C1. The van der Waals surface area contributed by atoms with E-state index in [-0.39, 0.29) is 5.82 Å². The van der Waals surface area contributed by atoms with Crippen molar-refractivity contribution in [3.8, 4) is 6.07 Å². The molecule has 72 valence electrons. The van der Waals surface area contributed by atoms with Gasteiger partial charge < -0.3 is 4.90 Å². The highest BCUT2D eigenvalue weighted by atomic mass is 15.1. The first-order chi connectivity index (χ1) is 6.79. The Morgan fingerprint density at radius 2 is 2.50 bits per heavy atom. The van der Waals surface area contributed by atoms with Crippen molar-refractivity contribution in [1.82, 2.24) is 14.9 Å². The van der Waals surface area contributed by atoms with Crippen LogP contribution >= 0.6 is 0 Å². The highest BCUT2D eigenvalue weighted by molar-refractivity contribution is 5.16. The van der Waals surface area contributed by atoms with Gasteiger partial charge in [0.15, 0.2) is 0 Å². The molecule has 0 radical (unpaired) electrons. The molecule has 0 N–H and O–H groups in total. The fraction of sp³-hybridized carbons (Fsp3) is 0.500. The fourth-order valence-electron chi connectivity index (χ4n) is 1.83. The molecule has 4 nitrogen and oxygen atoms in total. The number of likely N-dealkylation sites (tertiary alicyclic amines) is 1. The van der Waals surface area contributed by atoms with Crippen molar-refractivity contribution in [2.24, 2.45) is 0 Å². The number of likely N-dealkylation sites (N-methyl/N-ethyl adjacent to an activating group) is 1. The Hall–Kier alpha value is -1.47. The van der Waals surface area contributed by atoms with Gasteiger partial charge in [0, 0.05) is 24.4 Å². The van der Waals surface area contributed by atoms with Crippen LogP contribution in [0.15, 0.2) is 12.3 Å². The molecule has 0 amide bonds. The van der Waals surface area contributed by atoms with Gasteiger partial charge in [-0.25, -0.2) is 9.97 Å². The number of hydrogen-bond acceptors (Lipinski definition) is 4. The average molecular weight is 188 g/mol. The van der Waals surface area contributed by atoms with Crippen molar-refractivity contribution in [2.45, 2.75) is 12.3 Å². The van der Waals surface area contributed by atoms with E-state index in [0.717, 1.165) is 25.2 Å². The first kappa shape index (κ1) is 9.10. The molecule has 0 saturated carbocycles. The van der Waals surface area contributed by atoms with E-state index in [2.05, 4.69) is 21.9 Å². The zero-order valence-corrected chi connectivity index (χ0v) is 8.14. The maximum atomic E-state index is 8.67. The maximum absolute atomic E-state index is 8.67. The van der Waals surface area contributed by atoms with E-state index in [1.54, 1.807) is 6.20 Å². The molecule has 1 unspecified atom stereocenters. The van der Waals surface area contributed by atoms with Gasteiger partial charge >= 0.3 is 0 Å². The van der Waals surface area contributed by atoms with E-state index >= 15 is 0 Å². The molecule has 2 heterocycles. The Morgan fingerprint density at radius 1 is 1.64 bits per heavy atom. The van der Waals surface area contributed by atoms with Gasteiger partial charge in [-0.2, -0.15) is 5.26 Å². The Kier molecular flexibility index (Phi) is 2.42. The van der Waals surface area contributed by atoms with Crippen molar-refractivity contribution in [2.75, 3.05) is 20.1 Å². The molecule has 14 heavy (non-hydrogen) atoms. The fourth-order valence-corrected chi connectivity index (χ4v) is 1.83. The molecule has 1 saturated heterocycles. The van der Waals surface area contributed by atoms with Crippen molar-refractivity contribution in [1.29, 1.82) is 5.26 Å². The van der Waals surface area contributed by atoms with Crippen LogP contribution in [0.3, 0.4) is 0 Å². The summed E-state index contributed by atoms with van der Waals surface area (Å²) in [5.41, 5.74) is 1.00. The third kappa shape index (κ3) is 1.73. The van der Waals surface area contributed by atoms with Crippen molar-refractivity contribution in [3.05, 3.63) is 23.8 Å². The number of aromatic nitrogens is 2. The van der Waals surface area contributed by atoms with Crippen molar-refractivity contribution < 1.29 is 0 Å². The van der Waals surface area contributed by atoms with Crippen LogP contribution in [-0.2, 0) is 0 Å². The lowest BCUT2D eigenvalue weighted by Gasteiger charge is -2.09. The van der Waals surface area contributed by atoms with Crippen LogP contribution < -0.4 is 0 Å². The van der Waals surface area contributed by atoms with Crippen LogP contribution in [-0.4, -0.2) is 35.0 Å². The summed E-state index contributed by atoms with van der Waals surface area (Å²) in [5.74, 6) is 0.743. The largest absolute Gasteiger partial charge is 0.306 e. The first-order valence-corrected chi connectivity index (χ1v) is 4.71. The molecule has 1 aliphatic rings. The number of nitriles is 1. The number of nitrogens with zero attached hydrogens (tertiary/aromatic N) is 4. The molecule has 1 aromatic heterocycles. The topological polar surface area (TPSA) is 52.8 Å². The van der Waals surface area contributed by atoms with E-state index in [4.69, 9.17) is 5.26 Å². The Bertz CT molecular complexity index is 369. The van der Waals surface area contributed by atoms with Gasteiger partial charge in [0.1, 0.15) is 6.07 Å². The van der Waals surface area contributed by atoms with E-state index in [9.17, 15) is 0 Å². The lowest BCUT2D eigenvalue weighted by atomic mass is 10.1. The van der Waals surface area contributed by atoms with Crippen LogP contribution in [0.4, 0.5) is 0 Å². The van der Waals surface area contributed by atoms with Crippen molar-refractivity contribution in [3.63, 3.8) is 0 Å². The predicted octanol–water partition coefficient (Wildman–Crippen LogP) is 0.767. The molecule has 2 rings (SSSR count). The van der Waals surface area contributed by atoms with Gasteiger partial charge in [-0.05, 0) is 26.1 Å². The summed E-state index contributed by atoms with van der Waals surface area (Å²) in [6.45, 7) is 2.14. The minimum Gasteiger partial charge on any atom is -0.306 e. The van der Waals surface area contributed by atoms with Crippen LogP contribution in [0, 0.1) is 11.3 Å². The van der Waals surface area contributed by atoms with Gasteiger partial charge in [-0.15, -0.1) is 0 Å². The minimum atomic E-state index is 0.275. The van der Waals surface area contributed by atoms with Crippen LogP contribution in [0.25, 0.3) is 0 Å². The normalized spacial score (nSPS) is 22.1. The number of hydrogen-bond donors (Lipinski definition) is 0. The molecule has 1 fully saturated rings. The minimum absolute atomic E-state index is 0.275. The third-order valence-electron chi connectivity index (χ3n) is 2.59. The molecule has 4 heteroatoms. The predicted molar refractivity (Wildman–Crippen MR) is 51.6 cm³/mol. The molecular formula is C10H12N4. The summed E-state index contributed by atoms with van der Waals surface area (Å²) in [5, 5.41) is 8.67. The first-order valence-electron chi connectivity index (χ1n) is 4.71. The van der Waals surface area contributed by atoms with Gasteiger partial charge in [0.2, 0.25) is 5.82 Å². The Morgan fingerprint density at radius 3 is 3.14 bits per heavy atom. The van der Waals surface area contributed by atoms with Gasteiger partial charge in [-0.1, -0.05) is 0 Å². The van der Waals surface area contributed by atoms with Gasteiger partial charge in [0.25, 0.3) is 0 Å². The van der Waals surface area contributed by atoms with Gasteiger partial charge in [-0.3, -0.25) is 0 Å². The highest BCUT2D eigenvalue weighted by Gasteiger charge is 2.22. The summed E-state index contributed by atoms with van der Waals surface area (Å²) in [6.07, 6.45) is 2.79. The summed E-state index contributed by atoms with van der Waals surface area (Å²) < 4.78 is 0. The monoisotopic (exact) mass is 188 g/mol. The molecule has 1 atom stereocenters. The second kappa shape index (κ2) is 3.72. The lowest BCUT2D eigenvalue weighted by molar-refractivity contribution is 0.410. The standard InChI is InChI=1S/C10H12N4/c1-14-5-3-8(7-14)9-2-4-12-10(6-11)13-9/h2,4,8H,3,5,7H2,1H3. The zero-order chi connectivity index (χ0) is 9.97. The summed E-state index contributed by atoms with van der Waals surface area (Å²) in [4.78, 5) is 10.3. The van der Waals surface area contributed by atoms with Gasteiger partial charge in [0.05, 0.1) is 0 Å². The van der Waals surface area contributed by atoms with Crippen molar-refractivity contribution >= 4 is 0 Å². The quantitative estimate of drug-likeness (QED) is 0.653. The molecule has 0 bridgehead atoms. The molecule has 1 aliphatic heterocycles. The molecular weight excluding hydrogens is 176 g/mol. The number of rotatable bonds is 1. The Labute approximate surface area is 83.2 Å². The summed E-state index contributed by atoms with van der Waals surface area (Å²) in [6, 6.07) is 3.87. The van der Waals surface area contributed by atoms with E-state index in [1.807, 2.05) is 12.1 Å². The van der Waals surface area contributed by atoms with E-state index in [0.29, 0.717) is 5.92 Å². The second-order valence-electron chi connectivity index (χ2n) is 3.66. The molecule has 1 aromatic rings. The molecule has 0 spiro atoms. The van der Waals surface area contributed by atoms with Crippen LogP contribution in [0.5, 0.6) is 0 Å². The van der Waals surface area contributed by atoms with Crippen LogP contribution in [0.2, 0.25) is 0 Å². The summed E-state index contributed by atoms with van der Waals surface area (Å²) in [7, 11) is 2.10. The smallest absolute Gasteiger partial charge is 0.232 e. The third-order valence-corrected chi connectivity index (χ3v) is 2.59. The molecule has 0 aliphatic carbocycles. The van der Waals surface area contributed by atoms with E-state index < -0.39 is 0 Å². The lowest BCUT2D eigenvalue weighted by Crippen LogP contribution is -2.14. The molecule has 0 aromatic carbocycles. The highest BCUT2D eigenvalue weighted by Crippen LogP contribution is 2.23. The van der Waals surface area contributed by atoms with Crippen LogP contribution in [0.1, 0.15) is 23.9 Å². The second-order valence-corrected chi connectivity index (χ2v) is 3.66. The Balaban J connectivity index is 2.20. The average Bonchev–Trinajstić information content (AvgIpc) is 2.65. The zero-order valence-electron chi connectivity index (χ0n) is 8.14. The van der Waals surface area contributed by atoms with E-state index in [1.165, 1.54) is 0 Å². The maximum Gasteiger partial charge on any atom is 0.232 e.